The zero-order valence-corrected chi connectivity index (χ0v) is 18.3. The lowest BCUT2D eigenvalue weighted by atomic mass is 10.2. The van der Waals surface area contributed by atoms with Gasteiger partial charge in [-0.2, -0.15) is 5.10 Å². The van der Waals surface area contributed by atoms with Crippen molar-refractivity contribution in [3.8, 4) is 0 Å². The number of guanidine groups is 1. The molecule has 1 heterocycles. The topological polar surface area (TPSA) is 91.6 Å². The van der Waals surface area contributed by atoms with Crippen molar-refractivity contribution in [2.75, 3.05) is 20.6 Å². The third-order valence-corrected chi connectivity index (χ3v) is 6.49. The van der Waals surface area contributed by atoms with Crippen LogP contribution < -0.4 is 10.6 Å². The zero-order chi connectivity index (χ0) is 20.9. The summed E-state index contributed by atoms with van der Waals surface area (Å²) in [6.07, 6.45) is 0. The monoisotopic (exact) mass is 406 g/mol. The van der Waals surface area contributed by atoms with Crippen LogP contribution in [0.4, 0.5) is 0 Å². The minimum atomic E-state index is -3.52. The maximum absolute atomic E-state index is 12.5. The molecule has 2 aromatic rings. The van der Waals surface area contributed by atoms with Crippen LogP contribution in [0.3, 0.4) is 0 Å². The number of sulfonamides is 1. The summed E-state index contributed by atoms with van der Waals surface area (Å²) in [7, 11) is 1.46. The summed E-state index contributed by atoms with van der Waals surface area (Å²) in [5.74, 6) is 0.627. The summed E-state index contributed by atoms with van der Waals surface area (Å²) >= 11 is 0. The molecule has 154 valence electrons. The minimum Gasteiger partial charge on any atom is -0.357 e. The predicted molar refractivity (Wildman–Crippen MR) is 112 cm³/mol. The average molecular weight is 407 g/mol. The van der Waals surface area contributed by atoms with E-state index in [2.05, 4.69) is 20.7 Å². The lowest BCUT2D eigenvalue weighted by molar-refractivity contribution is 0.519. The molecule has 0 spiro atoms. The van der Waals surface area contributed by atoms with Crippen molar-refractivity contribution < 1.29 is 8.42 Å². The quantitative estimate of drug-likeness (QED) is 0.538. The van der Waals surface area contributed by atoms with Crippen LogP contribution in [-0.4, -0.2) is 49.1 Å². The fourth-order valence-electron chi connectivity index (χ4n) is 2.83. The van der Waals surface area contributed by atoms with Gasteiger partial charge in [-0.1, -0.05) is 18.2 Å². The predicted octanol–water partition coefficient (Wildman–Crippen LogP) is 1.54. The molecule has 0 atom stereocenters. The van der Waals surface area contributed by atoms with Gasteiger partial charge in [0.25, 0.3) is 0 Å². The third-order valence-electron chi connectivity index (χ3n) is 4.57. The van der Waals surface area contributed by atoms with Crippen LogP contribution in [0.1, 0.15) is 29.4 Å². The van der Waals surface area contributed by atoms with Crippen LogP contribution >= 0.6 is 0 Å². The molecule has 0 aliphatic carbocycles. The van der Waals surface area contributed by atoms with E-state index >= 15 is 0 Å². The highest BCUT2D eigenvalue weighted by Gasteiger charge is 2.20. The lowest BCUT2D eigenvalue weighted by Crippen LogP contribution is -2.37. The second-order valence-electron chi connectivity index (χ2n) is 6.72. The van der Waals surface area contributed by atoms with Crippen LogP contribution in [0.5, 0.6) is 0 Å². The van der Waals surface area contributed by atoms with Crippen LogP contribution in [0.25, 0.3) is 0 Å². The summed E-state index contributed by atoms with van der Waals surface area (Å²) in [5.41, 5.74) is 3.86. The van der Waals surface area contributed by atoms with Crippen molar-refractivity contribution in [1.82, 2.24) is 24.7 Å². The van der Waals surface area contributed by atoms with Gasteiger partial charge in [-0.15, -0.1) is 0 Å². The number of benzene rings is 1. The van der Waals surface area contributed by atoms with E-state index in [1.807, 2.05) is 38.6 Å². The highest BCUT2D eigenvalue weighted by atomic mass is 32.2. The summed E-state index contributed by atoms with van der Waals surface area (Å²) in [4.78, 5) is 4.86. The Balaban J connectivity index is 2.22. The molecule has 0 saturated carbocycles. The molecule has 8 nitrogen and oxygen atoms in total. The first kappa shape index (κ1) is 21.9. The third kappa shape index (κ3) is 4.90. The molecule has 9 heteroatoms. The molecule has 0 aliphatic heterocycles. The standard InChI is InChI=1S/C19H30N6O2S/c1-7-20-19(22-13-17-14(2)23-25(6)15(17)3)21-12-16-10-8-9-11-18(16)28(26,27)24(4)5/h8-11H,7,12-13H2,1-6H3,(H2,20,21,22). The van der Waals surface area contributed by atoms with Gasteiger partial charge < -0.3 is 10.6 Å². The van der Waals surface area contributed by atoms with E-state index in [-0.39, 0.29) is 11.4 Å². The Morgan fingerprint density at radius 3 is 2.46 bits per heavy atom. The van der Waals surface area contributed by atoms with Crippen LogP contribution in [0.2, 0.25) is 0 Å². The van der Waals surface area contributed by atoms with Crippen LogP contribution in [0.15, 0.2) is 34.2 Å². The summed E-state index contributed by atoms with van der Waals surface area (Å²) in [5, 5.41) is 10.9. The number of nitrogens with zero attached hydrogens (tertiary/aromatic N) is 4. The van der Waals surface area contributed by atoms with Gasteiger partial charge >= 0.3 is 0 Å². The fourth-order valence-corrected chi connectivity index (χ4v) is 3.94. The van der Waals surface area contributed by atoms with Crippen molar-refractivity contribution in [1.29, 1.82) is 0 Å². The highest BCUT2D eigenvalue weighted by Crippen LogP contribution is 2.19. The van der Waals surface area contributed by atoms with Crippen molar-refractivity contribution in [2.24, 2.45) is 12.0 Å². The van der Waals surface area contributed by atoms with Gasteiger partial charge in [0.15, 0.2) is 5.96 Å². The first-order valence-electron chi connectivity index (χ1n) is 9.20. The van der Waals surface area contributed by atoms with Gasteiger partial charge in [-0.25, -0.2) is 17.7 Å². The lowest BCUT2D eigenvalue weighted by Gasteiger charge is -2.15. The van der Waals surface area contributed by atoms with Crippen molar-refractivity contribution in [3.05, 3.63) is 46.8 Å². The first-order valence-corrected chi connectivity index (χ1v) is 10.6. The van der Waals surface area contributed by atoms with Crippen molar-refractivity contribution in [2.45, 2.75) is 38.8 Å². The second kappa shape index (κ2) is 9.20. The van der Waals surface area contributed by atoms with Gasteiger partial charge in [0.2, 0.25) is 10.0 Å². The number of aryl methyl sites for hydroxylation is 2. The molecule has 1 aromatic carbocycles. The Morgan fingerprint density at radius 1 is 1.21 bits per heavy atom. The number of aliphatic imine (C=N–C) groups is 1. The highest BCUT2D eigenvalue weighted by molar-refractivity contribution is 7.89. The van der Waals surface area contributed by atoms with Gasteiger partial charge in [0.05, 0.1) is 17.1 Å². The van der Waals surface area contributed by atoms with E-state index in [4.69, 9.17) is 0 Å². The first-order chi connectivity index (χ1) is 13.2. The van der Waals surface area contributed by atoms with Crippen LogP contribution in [0, 0.1) is 13.8 Å². The van der Waals surface area contributed by atoms with E-state index in [1.165, 1.54) is 18.4 Å². The number of rotatable bonds is 7. The molecule has 0 radical (unpaired) electrons. The molecule has 2 N–H and O–H groups in total. The van der Waals surface area contributed by atoms with Gasteiger partial charge in [-0.3, -0.25) is 4.68 Å². The summed E-state index contributed by atoms with van der Waals surface area (Å²) in [6.45, 7) is 7.55. The Hall–Kier alpha value is -2.39. The number of nitrogens with one attached hydrogen (secondary N) is 2. The fraction of sp³-hybridized carbons (Fsp3) is 0.474. The molecular formula is C19H30N6O2S. The smallest absolute Gasteiger partial charge is 0.242 e. The largest absolute Gasteiger partial charge is 0.357 e. The van der Waals surface area contributed by atoms with Crippen molar-refractivity contribution in [3.63, 3.8) is 0 Å². The summed E-state index contributed by atoms with van der Waals surface area (Å²) < 4.78 is 28.2. The molecule has 0 aliphatic rings. The molecule has 1 aromatic heterocycles. The maximum Gasteiger partial charge on any atom is 0.242 e. The number of hydrogen-bond acceptors (Lipinski definition) is 4. The van der Waals surface area contributed by atoms with Gasteiger partial charge in [0.1, 0.15) is 0 Å². The van der Waals surface area contributed by atoms with Crippen molar-refractivity contribution >= 4 is 16.0 Å². The second-order valence-corrected chi connectivity index (χ2v) is 8.84. The van der Waals surface area contributed by atoms with Gasteiger partial charge in [0, 0.05) is 45.5 Å². The number of aromatic nitrogens is 2. The van der Waals surface area contributed by atoms with E-state index in [9.17, 15) is 8.42 Å². The Morgan fingerprint density at radius 2 is 1.89 bits per heavy atom. The molecule has 0 fully saturated rings. The van der Waals surface area contributed by atoms with E-state index < -0.39 is 10.0 Å². The van der Waals surface area contributed by atoms with E-state index in [1.54, 1.807) is 18.2 Å². The zero-order valence-electron chi connectivity index (χ0n) is 17.4. The van der Waals surface area contributed by atoms with Crippen LogP contribution in [-0.2, 0) is 30.2 Å². The summed E-state index contributed by atoms with van der Waals surface area (Å²) in [6, 6.07) is 6.95. The minimum absolute atomic E-state index is 0.254. The van der Waals surface area contributed by atoms with E-state index in [0.717, 1.165) is 17.0 Å². The average Bonchev–Trinajstić information content (AvgIpc) is 2.89. The number of hydrogen-bond donors (Lipinski definition) is 2. The Kier molecular flexibility index (Phi) is 7.20. The maximum atomic E-state index is 12.5. The van der Waals surface area contributed by atoms with E-state index in [0.29, 0.717) is 24.6 Å². The molecule has 0 unspecified atom stereocenters. The SMILES string of the molecule is CCNC(=NCc1ccccc1S(=O)(=O)N(C)C)NCc1c(C)nn(C)c1C. The molecule has 2 rings (SSSR count). The normalized spacial score (nSPS) is 12.5. The Bertz CT molecular complexity index is 947. The molecular weight excluding hydrogens is 376 g/mol. The molecule has 0 bridgehead atoms. The Labute approximate surface area is 167 Å². The molecule has 0 amide bonds. The van der Waals surface area contributed by atoms with Gasteiger partial charge in [-0.05, 0) is 32.4 Å². The molecule has 28 heavy (non-hydrogen) atoms. The molecule has 0 saturated heterocycles.